The van der Waals surface area contributed by atoms with Crippen LogP contribution in [0.5, 0.6) is 23.0 Å². The third-order valence-corrected chi connectivity index (χ3v) is 5.77. The SMILES string of the molecule is CCOc1cc2c(c(F)c1OCC)C(=N)N(CC(=O)c1cc(OC(=O)C(F)(F)F)c(OC)c(C(C)C)c1)C2. The number of ketones is 1. The smallest absolute Gasteiger partial charge is 0.491 e. The van der Waals surface area contributed by atoms with Crippen LogP contribution >= 0.6 is 0 Å². The molecule has 0 fully saturated rings. The normalized spacial score (nSPS) is 13.0. The lowest BCUT2D eigenvalue weighted by molar-refractivity contribution is -0.189. The van der Waals surface area contributed by atoms with Crippen LogP contribution in [0, 0.1) is 11.2 Å². The highest BCUT2D eigenvalue weighted by Crippen LogP contribution is 2.40. The molecule has 0 bridgehead atoms. The molecule has 1 aliphatic rings. The van der Waals surface area contributed by atoms with E-state index in [4.69, 9.17) is 19.6 Å². The number of nitrogens with one attached hydrogen (secondary N) is 1. The maximum Gasteiger partial charge on any atom is 0.491 e. The standard InChI is InChI=1S/C26H28F4N2O6/c1-6-36-18-10-15-11-32(24(31)20(15)21(27)23(18)37-7-2)12-17(33)14-8-16(13(3)4)22(35-5)19(9-14)38-25(34)26(28,29)30/h8-10,13,31H,6-7,11-12H2,1-5H3. The van der Waals surface area contributed by atoms with Gasteiger partial charge in [-0.1, -0.05) is 13.8 Å². The predicted molar refractivity (Wildman–Crippen MR) is 129 cm³/mol. The van der Waals surface area contributed by atoms with E-state index in [0.717, 1.165) is 6.07 Å². The van der Waals surface area contributed by atoms with Crippen molar-refractivity contribution in [1.82, 2.24) is 4.90 Å². The lowest BCUT2D eigenvalue weighted by Gasteiger charge is -2.20. The van der Waals surface area contributed by atoms with Crippen LogP contribution in [0.2, 0.25) is 0 Å². The topological polar surface area (TPSA) is 98.2 Å². The molecule has 0 saturated carbocycles. The van der Waals surface area contributed by atoms with Crippen molar-refractivity contribution in [3.63, 3.8) is 0 Å². The lowest BCUT2D eigenvalue weighted by atomic mass is 9.97. The van der Waals surface area contributed by atoms with Crippen LogP contribution in [0.1, 0.15) is 60.7 Å². The number of rotatable bonds is 10. The monoisotopic (exact) mass is 540 g/mol. The minimum absolute atomic E-state index is 0.0203. The molecule has 1 heterocycles. The molecule has 206 valence electrons. The average molecular weight is 541 g/mol. The Morgan fingerprint density at radius 1 is 1.05 bits per heavy atom. The number of carbonyl (C=O) groups is 2. The van der Waals surface area contributed by atoms with E-state index in [-0.39, 0.29) is 59.9 Å². The first-order chi connectivity index (χ1) is 17.8. The summed E-state index contributed by atoms with van der Waals surface area (Å²) in [4.78, 5) is 26.1. The Hall–Kier alpha value is -3.83. The largest absolute Gasteiger partial charge is 0.493 e. The van der Waals surface area contributed by atoms with Crippen LogP contribution in [-0.2, 0) is 11.3 Å². The number of alkyl halides is 3. The summed E-state index contributed by atoms with van der Waals surface area (Å²) in [5.41, 5.74) is 0.678. The first kappa shape index (κ1) is 28.7. The molecule has 1 N–H and O–H groups in total. The summed E-state index contributed by atoms with van der Waals surface area (Å²) >= 11 is 0. The van der Waals surface area contributed by atoms with E-state index in [0.29, 0.717) is 11.1 Å². The zero-order valence-electron chi connectivity index (χ0n) is 21.5. The minimum Gasteiger partial charge on any atom is -0.493 e. The molecular formula is C26H28F4N2O6. The van der Waals surface area contributed by atoms with Crippen molar-refractivity contribution < 1.29 is 46.1 Å². The van der Waals surface area contributed by atoms with Gasteiger partial charge in [0.15, 0.2) is 34.6 Å². The van der Waals surface area contributed by atoms with Crippen molar-refractivity contribution in [2.24, 2.45) is 0 Å². The maximum atomic E-state index is 15.3. The molecular weight excluding hydrogens is 512 g/mol. The van der Waals surface area contributed by atoms with Gasteiger partial charge in [-0.25, -0.2) is 9.18 Å². The van der Waals surface area contributed by atoms with Crippen molar-refractivity contribution in [3.8, 4) is 23.0 Å². The maximum absolute atomic E-state index is 15.3. The highest BCUT2D eigenvalue weighted by atomic mass is 19.4. The summed E-state index contributed by atoms with van der Waals surface area (Å²) in [6.45, 7) is 6.92. The Morgan fingerprint density at radius 2 is 1.71 bits per heavy atom. The summed E-state index contributed by atoms with van der Waals surface area (Å²) in [6, 6.07) is 3.99. The molecule has 0 aromatic heterocycles. The third kappa shape index (κ3) is 5.68. The number of hydrogen-bond donors (Lipinski definition) is 1. The van der Waals surface area contributed by atoms with Gasteiger partial charge in [-0.05, 0) is 43.5 Å². The molecule has 0 spiro atoms. The van der Waals surface area contributed by atoms with Gasteiger partial charge in [0.1, 0.15) is 5.84 Å². The first-order valence-electron chi connectivity index (χ1n) is 11.8. The van der Waals surface area contributed by atoms with Gasteiger partial charge in [-0.2, -0.15) is 13.2 Å². The average Bonchev–Trinajstić information content (AvgIpc) is 3.15. The summed E-state index contributed by atoms with van der Waals surface area (Å²) < 4.78 is 74.5. The first-order valence-corrected chi connectivity index (χ1v) is 11.8. The second-order valence-electron chi connectivity index (χ2n) is 8.68. The summed E-state index contributed by atoms with van der Waals surface area (Å²) in [6.07, 6.45) is -5.26. The number of halogens is 4. The van der Waals surface area contributed by atoms with E-state index in [1.165, 1.54) is 18.1 Å². The fraction of sp³-hybridized carbons (Fsp3) is 0.423. The van der Waals surface area contributed by atoms with E-state index >= 15 is 4.39 Å². The third-order valence-electron chi connectivity index (χ3n) is 5.77. The Bertz CT molecular complexity index is 1260. The predicted octanol–water partition coefficient (Wildman–Crippen LogP) is 5.25. The number of carbonyl (C=O) groups excluding carboxylic acids is 2. The number of hydrogen-bond acceptors (Lipinski definition) is 7. The number of ether oxygens (including phenoxy) is 4. The van der Waals surface area contributed by atoms with Crippen LogP contribution in [0.15, 0.2) is 18.2 Å². The summed E-state index contributed by atoms with van der Waals surface area (Å²) in [5, 5.41) is 8.49. The highest BCUT2D eigenvalue weighted by Gasteiger charge is 2.42. The van der Waals surface area contributed by atoms with Crippen molar-refractivity contribution >= 4 is 17.6 Å². The van der Waals surface area contributed by atoms with Gasteiger partial charge in [0.2, 0.25) is 0 Å². The molecule has 2 aromatic rings. The molecule has 2 aromatic carbocycles. The number of amidine groups is 1. The zero-order valence-corrected chi connectivity index (χ0v) is 21.5. The lowest BCUT2D eigenvalue weighted by Crippen LogP contribution is -2.31. The molecule has 0 saturated heterocycles. The molecule has 0 radical (unpaired) electrons. The van der Waals surface area contributed by atoms with Crippen molar-refractivity contribution in [1.29, 1.82) is 5.41 Å². The number of esters is 1. The van der Waals surface area contributed by atoms with Crippen LogP contribution in [0.25, 0.3) is 0 Å². The van der Waals surface area contributed by atoms with Gasteiger partial charge in [0.25, 0.3) is 0 Å². The van der Waals surface area contributed by atoms with Crippen molar-refractivity contribution in [2.75, 3.05) is 26.9 Å². The molecule has 12 heteroatoms. The van der Waals surface area contributed by atoms with E-state index in [9.17, 15) is 22.8 Å². The Balaban J connectivity index is 1.95. The van der Waals surface area contributed by atoms with E-state index < -0.39 is 36.0 Å². The molecule has 3 rings (SSSR count). The minimum atomic E-state index is -5.26. The second-order valence-corrected chi connectivity index (χ2v) is 8.68. The van der Waals surface area contributed by atoms with E-state index in [1.54, 1.807) is 33.8 Å². The van der Waals surface area contributed by atoms with Gasteiger partial charge in [0, 0.05) is 17.7 Å². The van der Waals surface area contributed by atoms with Gasteiger partial charge < -0.3 is 23.8 Å². The number of methoxy groups -OCH3 is 1. The molecule has 0 unspecified atom stereocenters. The number of nitrogens with zero attached hydrogens (tertiary/aromatic N) is 1. The second kappa shape index (κ2) is 11.3. The van der Waals surface area contributed by atoms with Crippen LogP contribution in [-0.4, -0.2) is 55.5 Å². The molecule has 0 aliphatic carbocycles. The van der Waals surface area contributed by atoms with Crippen LogP contribution in [0.3, 0.4) is 0 Å². The molecule has 0 amide bonds. The Labute approximate surface area is 216 Å². The zero-order chi connectivity index (χ0) is 28.4. The highest BCUT2D eigenvalue weighted by molar-refractivity contribution is 6.06. The van der Waals surface area contributed by atoms with Crippen molar-refractivity contribution in [3.05, 3.63) is 46.3 Å². The van der Waals surface area contributed by atoms with Crippen LogP contribution in [0.4, 0.5) is 17.6 Å². The Morgan fingerprint density at radius 3 is 2.26 bits per heavy atom. The van der Waals surface area contributed by atoms with Crippen molar-refractivity contribution in [2.45, 2.75) is 46.3 Å². The molecule has 0 atom stereocenters. The van der Waals surface area contributed by atoms with Gasteiger partial charge >= 0.3 is 12.1 Å². The van der Waals surface area contributed by atoms with E-state index in [2.05, 4.69) is 4.74 Å². The fourth-order valence-corrected chi connectivity index (χ4v) is 4.09. The molecule has 8 nitrogen and oxygen atoms in total. The molecule has 1 aliphatic heterocycles. The number of Topliss-reactive ketones (excluding diaryl/α,β-unsaturated/α-hetero) is 1. The Kier molecular flexibility index (Phi) is 8.53. The summed E-state index contributed by atoms with van der Waals surface area (Å²) in [5.74, 6) is -5.00. The van der Waals surface area contributed by atoms with Gasteiger partial charge in [-0.15, -0.1) is 0 Å². The fourth-order valence-electron chi connectivity index (χ4n) is 4.09. The molecule has 38 heavy (non-hydrogen) atoms. The quantitative estimate of drug-likeness (QED) is 0.190. The summed E-state index contributed by atoms with van der Waals surface area (Å²) in [7, 11) is 1.21. The van der Waals surface area contributed by atoms with Crippen LogP contribution < -0.4 is 18.9 Å². The van der Waals surface area contributed by atoms with Gasteiger partial charge in [-0.3, -0.25) is 10.2 Å². The van der Waals surface area contributed by atoms with Gasteiger partial charge in [0.05, 0.1) is 32.4 Å². The van der Waals surface area contributed by atoms with E-state index in [1.807, 2.05) is 0 Å². The number of fused-ring (bicyclic) bond motifs is 1. The number of benzene rings is 2.